The second-order valence-corrected chi connectivity index (χ2v) is 5.41. The zero-order chi connectivity index (χ0) is 14.3. The van der Waals surface area contributed by atoms with Gasteiger partial charge in [0, 0.05) is 12.3 Å². The number of para-hydroxylation sites is 1. The van der Waals surface area contributed by atoms with Gasteiger partial charge in [-0.15, -0.1) is 0 Å². The molecule has 108 valence electrons. The van der Waals surface area contributed by atoms with E-state index in [0.29, 0.717) is 5.95 Å². The summed E-state index contributed by atoms with van der Waals surface area (Å²) in [6, 6.07) is 13.7. The standard InChI is InChI=1S/C14H15N5OS/c1-2-5-12(6-3-1)19-14(16-17-18-19)15-8-10-21-11-13-7-4-9-20-13/h1-7,9H,8,10-11H2,(H,15,16,18). The highest BCUT2D eigenvalue weighted by Crippen LogP contribution is 2.13. The van der Waals surface area contributed by atoms with Gasteiger partial charge >= 0.3 is 0 Å². The van der Waals surface area contributed by atoms with Crippen molar-refractivity contribution < 1.29 is 4.42 Å². The van der Waals surface area contributed by atoms with Crippen molar-refractivity contribution in [2.45, 2.75) is 5.75 Å². The number of furan rings is 1. The van der Waals surface area contributed by atoms with Crippen LogP contribution < -0.4 is 5.32 Å². The first kappa shape index (κ1) is 13.7. The van der Waals surface area contributed by atoms with Crippen LogP contribution in [0.1, 0.15) is 5.76 Å². The summed E-state index contributed by atoms with van der Waals surface area (Å²) in [5, 5.41) is 15.0. The van der Waals surface area contributed by atoms with Gasteiger partial charge in [-0.3, -0.25) is 0 Å². The number of benzene rings is 1. The van der Waals surface area contributed by atoms with Crippen LogP contribution in [0.2, 0.25) is 0 Å². The van der Waals surface area contributed by atoms with Crippen molar-refractivity contribution in [2.24, 2.45) is 0 Å². The van der Waals surface area contributed by atoms with Crippen LogP contribution in [0.25, 0.3) is 5.69 Å². The number of rotatable bonds is 7. The zero-order valence-electron chi connectivity index (χ0n) is 11.3. The Morgan fingerprint density at radius 2 is 2.05 bits per heavy atom. The third kappa shape index (κ3) is 3.63. The molecule has 0 atom stereocenters. The highest BCUT2D eigenvalue weighted by molar-refractivity contribution is 7.98. The summed E-state index contributed by atoms with van der Waals surface area (Å²) in [5.41, 5.74) is 0.938. The molecule has 3 aromatic rings. The Bertz CT molecular complexity index is 653. The number of anilines is 1. The van der Waals surface area contributed by atoms with Crippen LogP contribution in [-0.4, -0.2) is 32.5 Å². The summed E-state index contributed by atoms with van der Waals surface area (Å²) in [6.45, 7) is 0.790. The van der Waals surface area contributed by atoms with E-state index in [1.54, 1.807) is 22.7 Å². The van der Waals surface area contributed by atoms with Crippen LogP contribution in [0, 0.1) is 0 Å². The molecule has 1 aromatic carbocycles. The molecule has 7 heteroatoms. The van der Waals surface area contributed by atoms with E-state index in [9.17, 15) is 0 Å². The number of thioether (sulfide) groups is 1. The van der Waals surface area contributed by atoms with Gasteiger partial charge < -0.3 is 9.73 Å². The van der Waals surface area contributed by atoms with E-state index in [1.807, 2.05) is 42.5 Å². The number of hydrogen-bond acceptors (Lipinski definition) is 6. The lowest BCUT2D eigenvalue weighted by Gasteiger charge is -2.06. The predicted molar refractivity (Wildman–Crippen MR) is 82.5 cm³/mol. The second-order valence-electron chi connectivity index (χ2n) is 4.31. The van der Waals surface area contributed by atoms with Gasteiger partial charge in [-0.1, -0.05) is 23.3 Å². The van der Waals surface area contributed by atoms with E-state index in [2.05, 4.69) is 20.8 Å². The van der Waals surface area contributed by atoms with E-state index in [-0.39, 0.29) is 0 Å². The molecule has 0 saturated carbocycles. The third-order valence-electron chi connectivity index (χ3n) is 2.82. The van der Waals surface area contributed by atoms with E-state index in [1.165, 1.54) is 0 Å². The van der Waals surface area contributed by atoms with Crippen LogP contribution in [0.5, 0.6) is 0 Å². The maximum absolute atomic E-state index is 5.29. The first-order valence-corrected chi connectivity index (χ1v) is 7.77. The van der Waals surface area contributed by atoms with Crippen LogP contribution in [0.4, 0.5) is 5.95 Å². The lowest BCUT2D eigenvalue weighted by atomic mass is 10.3. The fourth-order valence-corrected chi connectivity index (χ4v) is 2.60. The SMILES string of the molecule is c1ccc(-n2nnnc2NCCSCc2ccco2)cc1. The number of aromatic nitrogens is 4. The Hall–Kier alpha value is -2.28. The average Bonchev–Trinajstić information content (AvgIpc) is 3.19. The van der Waals surface area contributed by atoms with E-state index in [0.717, 1.165) is 29.5 Å². The maximum Gasteiger partial charge on any atom is 0.247 e. The zero-order valence-corrected chi connectivity index (χ0v) is 12.2. The molecule has 0 spiro atoms. The van der Waals surface area contributed by atoms with Gasteiger partial charge in [0.05, 0.1) is 17.7 Å². The van der Waals surface area contributed by atoms with Gasteiger partial charge in [0.15, 0.2) is 0 Å². The van der Waals surface area contributed by atoms with Crippen molar-refractivity contribution >= 4 is 17.7 Å². The molecule has 6 nitrogen and oxygen atoms in total. The molecule has 1 N–H and O–H groups in total. The maximum atomic E-state index is 5.29. The number of hydrogen-bond donors (Lipinski definition) is 1. The molecule has 2 aromatic heterocycles. The molecule has 0 aliphatic carbocycles. The third-order valence-corrected chi connectivity index (χ3v) is 3.81. The first-order valence-electron chi connectivity index (χ1n) is 6.61. The Morgan fingerprint density at radius 1 is 1.14 bits per heavy atom. The van der Waals surface area contributed by atoms with Gasteiger partial charge in [-0.05, 0) is 34.7 Å². The molecule has 0 saturated heterocycles. The topological polar surface area (TPSA) is 68.8 Å². The molecule has 2 heterocycles. The number of nitrogens with zero attached hydrogens (tertiary/aromatic N) is 4. The molecule has 0 aliphatic heterocycles. The number of nitrogens with one attached hydrogen (secondary N) is 1. The minimum absolute atomic E-state index is 0.653. The molecular weight excluding hydrogens is 286 g/mol. The van der Waals surface area contributed by atoms with Gasteiger partial charge in [0.25, 0.3) is 0 Å². The van der Waals surface area contributed by atoms with E-state index >= 15 is 0 Å². The second kappa shape index (κ2) is 6.94. The minimum atomic E-state index is 0.653. The van der Waals surface area contributed by atoms with Crippen LogP contribution in [0.3, 0.4) is 0 Å². The van der Waals surface area contributed by atoms with Gasteiger partial charge in [0.2, 0.25) is 5.95 Å². The smallest absolute Gasteiger partial charge is 0.247 e. The molecule has 0 fully saturated rings. The van der Waals surface area contributed by atoms with Crippen molar-refractivity contribution in [3.8, 4) is 5.69 Å². The molecule has 0 amide bonds. The van der Waals surface area contributed by atoms with Crippen LogP contribution in [-0.2, 0) is 5.75 Å². The summed E-state index contributed by atoms with van der Waals surface area (Å²) in [6.07, 6.45) is 1.70. The van der Waals surface area contributed by atoms with E-state index < -0.39 is 0 Å². The van der Waals surface area contributed by atoms with Crippen molar-refractivity contribution in [1.82, 2.24) is 20.2 Å². The highest BCUT2D eigenvalue weighted by Gasteiger charge is 2.06. The van der Waals surface area contributed by atoms with Gasteiger partial charge in [-0.2, -0.15) is 16.4 Å². The molecule has 0 aliphatic rings. The van der Waals surface area contributed by atoms with Crippen molar-refractivity contribution in [3.63, 3.8) is 0 Å². The molecule has 0 bridgehead atoms. The molecule has 21 heavy (non-hydrogen) atoms. The Morgan fingerprint density at radius 3 is 2.86 bits per heavy atom. The Labute approximate surface area is 126 Å². The van der Waals surface area contributed by atoms with E-state index in [4.69, 9.17) is 4.42 Å². The quantitative estimate of drug-likeness (QED) is 0.677. The first-order chi connectivity index (χ1) is 10.4. The Balaban J connectivity index is 1.49. The summed E-state index contributed by atoms with van der Waals surface area (Å²) < 4.78 is 6.98. The monoisotopic (exact) mass is 301 g/mol. The normalized spacial score (nSPS) is 10.7. The summed E-state index contributed by atoms with van der Waals surface area (Å²) in [5.74, 6) is 3.47. The number of tetrazole rings is 1. The fraction of sp³-hybridized carbons (Fsp3) is 0.214. The summed E-state index contributed by atoms with van der Waals surface area (Å²) in [7, 11) is 0. The lowest BCUT2D eigenvalue weighted by Crippen LogP contribution is -2.10. The molecule has 3 rings (SSSR count). The average molecular weight is 301 g/mol. The van der Waals surface area contributed by atoms with Crippen LogP contribution in [0.15, 0.2) is 53.1 Å². The Kier molecular flexibility index (Phi) is 4.52. The van der Waals surface area contributed by atoms with Crippen LogP contribution >= 0.6 is 11.8 Å². The van der Waals surface area contributed by atoms with Gasteiger partial charge in [0.1, 0.15) is 5.76 Å². The summed E-state index contributed by atoms with van der Waals surface area (Å²) in [4.78, 5) is 0. The molecule has 0 unspecified atom stereocenters. The lowest BCUT2D eigenvalue weighted by molar-refractivity contribution is 0.530. The van der Waals surface area contributed by atoms with Crippen molar-refractivity contribution in [1.29, 1.82) is 0 Å². The van der Waals surface area contributed by atoms with Crippen molar-refractivity contribution in [2.75, 3.05) is 17.6 Å². The minimum Gasteiger partial charge on any atom is -0.468 e. The summed E-state index contributed by atoms with van der Waals surface area (Å²) >= 11 is 1.80. The van der Waals surface area contributed by atoms with Crippen molar-refractivity contribution in [3.05, 3.63) is 54.5 Å². The molecule has 0 radical (unpaired) electrons. The largest absolute Gasteiger partial charge is 0.468 e. The fourth-order valence-electron chi connectivity index (χ4n) is 1.84. The van der Waals surface area contributed by atoms with Gasteiger partial charge in [-0.25, -0.2) is 0 Å². The predicted octanol–water partition coefficient (Wildman–Crippen LogP) is 2.60. The highest BCUT2D eigenvalue weighted by atomic mass is 32.2. The molecular formula is C14H15N5OS.